The van der Waals surface area contributed by atoms with Gasteiger partial charge in [0, 0.05) is 16.3 Å². The van der Waals surface area contributed by atoms with Gasteiger partial charge in [-0.1, -0.05) is 18.2 Å². The SMILES string of the molecule is C[C@@H](Sc1cc(C(F)(F)F)nc2ccccc12)C(=O)N[C@@H]1CCS(=O)(=O)C1. The fourth-order valence-electron chi connectivity index (χ4n) is 2.86. The van der Waals surface area contributed by atoms with Gasteiger partial charge >= 0.3 is 6.18 Å². The number of para-hydroxylation sites is 1. The zero-order chi connectivity index (χ0) is 19.8. The third-order valence-corrected chi connectivity index (χ3v) is 7.15. The van der Waals surface area contributed by atoms with Crippen LogP contribution in [-0.4, -0.2) is 42.1 Å². The number of thioether (sulfide) groups is 1. The minimum atomic E-state index is -4.59. The molecule has 0 radical (unpaired) electrons. The van der Waals surface area contributed by atoms with Crippen molar-refractivity contribution in [1.82, 2.24) is 10.3 Å². The van der Waals surface area contributed by atoms with E-state index in [4.69, 9.17) is 0 Å². The number of nitrogens with zero attached hydrogens (tertiary/aromatic N) is 1. The van der Waals surface area contributed by atoms with Crippen LogP contribution < -0.4 is 5.32 Å². The summed E-state index contributed by atoms with van der Waals surface area (Å²) in [6.45, 7) is 1.58. The minimum Gasteiger partial charge on any atom is -0.351 e. The summed E-state index contributed by atoms with van der Waals surface area (Å²) in [5, 5.41) is 2.50. The monoisotopic (exact) mass is 418 g/mol. The maximum absolute atomic E-state index is 13.1. The molecule has 1 fully saturated rings. The molecule has 0 saturated carbocycles. The van der Waals surface area contributed by atoms with E-state index < -0.39 is 38.9 Å². The Kier molecular flexibility index (Phi) is 5.40. The molecule has 2 aromatic rings. The lowest BCUT2D eigenvalue weighted by Crippen LogP contribution is -2.39. The van der Waals surface area contributed by atoms with Crippen LogP contribution in [-0.2, 0) is 20.8 Å². The van der Waals surface area contributed by atoms with Gasteiger partial charge in [-0.3, -0.25) is 4.79 Å². The number of aromatic nitrogens is 1. The summed E-state index contributed by atoms with van der Waals surface area (Å²) < 4.78 is 62.4. The van der Waals surface area contributed by atoms with Crippen LogP contribution >= 0.6 is 11.8 Å². The zero-order valence-corrected chi connectivity index (χ0v) is 15.9. The van der Waals surface area contributed by atoms with Crippen LogP contribution in [0.25, 0.3) is 10.9 Å². The molecule has 1 amide bonds. The van der Waals surface area contributed by atoms with Gasteiger partial charge in [0.05, 0.1) is 22.3 Å². The van der Waals surface area contributed by atoms with E-state index in [0.29, 0.717) is 16.7 Å². The van der Waals surface area contributed by atoms with Crippen LogP contribution in [0.15, 0.2) is 35.2 Å². The Hall–Kier alpha value is -1.81. The lowest BCUT2D eigenvalue weighted by molar-refractivity contribution is -0.141. The van der Waals surface area contributed by atoms with E-state index in [2.05, 4.69) is 10.3 Å². The summed E-state index contributed by atoms with van der Waals surface area (Å²) >= 11 is 0.993. The van der Waals surface area contributed by atoms with Gasteiger partial charge in [0.2, 0.25) is 5.91 Å². The fourth-order valence-corrected chi connectivity index (χ4v) is 5.57. The summed E-state index contributed by atoms with van der Waals surface area (Å²) in [4.78, 5) is 16.3. The van der Waals surface area contributed by atoms with Crippen LogP contribution in [0.5, 0.6) is 0 Å². The molecule has 1 aliphatic rings. The standard InChI is InChI=1S/C17H17F3N2O3S2/c1-10(16(23)21-11-6-7-27(24,25)9-11)26-14-8-15(17(18,19)20)22-13-5-3-2-4-12(13)14/h2-5,8,10-11H,6-7,9H2,1H3,(H,21,23)/t10-,11-/m1/s1. The second-order valence-corrected chi connectivity index (χ2v) is 10.0. The molecule has 1 aliphatic heterocycles. The number of carbonyl (C=O) groups is 1. The summed E-state index contributed by atoms with van der Waals surface area (Å²) in [5.74, 6) is -0.479. The molecule has 0 unspecified atom stereocenters. The molecule has 146 valence electrons. The van der Waals surface area contributed by atoms with E-state index >= 15 is 0 Å². The molecule has 1 saturated heterocycles. The van der Waals surface area contributed by atoms with Crippen LogP contribution in [0.3, 0.4) is 0 Å². The minimum absolute atomic E-state index is 0.0312. The molecule has 3 rings (SSSR count). The van der Waals surface area contributed by atoms with Gasteiger partial charge < -0.3 is 5.32 Å². The highest BCUT2D eigenvalue weighted by Crippen LogP contribution is 2.36. The first-order valence-electron chi connectivity index (χ1n) is 8.19. The number of pyridine rings is 1. The van der Waals surface area contributed by atoms with Crippen molar-refractivity contribution in [3.8, 4) is 0 Å². The molecule has 10 heteroatoms. The first-order valence-corrected chi connectivity index (χ1v) is 10.9. The largest absolute Gasteiger partial charge is 0.433 e. The van der Waals surface area contributed by atoms with Crippen molar-refractivity contribution in [2.75, 3.05) is 11.5 Å². The number of amides is 1. The molecule has 2 heterocycles. The van der Waals surface area contributed by atoms with E-state index in [-0.39, 0.29) is 17.0 Å². The number of sulfone groups is 1. The maximum Gasteiger partial charge on any atom is 0.433 e. The number of hydrogen-bond donors (Lipinski definition) is 1. The average Bonchev–Trinajstić information content (AvgIpc) is 2.92. The van der Waals surface area contributed by atoms with E-state index in [1.165, 1.54) is 6.07 Å². The smallest absolute Gasteiger partial charge is 0.351 e. The summed E-state index contributed by atoms with van der Waals surface area (Å²) in [5.41, 5.74) is -0.817. The van der Waals surface area contributed by atoms with Crippen LogP contribution in [0.4, 0.5) is 13.2 Å². The number of carbonyl (C=O) groups excluding carboxylic acids is 1. The number of rotatable bonds is 4. The van der Waals surface area contributed by atoms with Gasteiger partial charge in [-0.15, -0.1) is 11.8 Å². The second kappa shape index (κ2) is 7.31. The molecule has 2 atom stereocenters. The molecule has 0 bridgehead atoms. The highest BCUT2D eigenvalue weighted by atomic mass is 32.2. The molecule has 1 aromatic carbocycles. The third kappa shape index (κ3) is 4.73. The Morgan fingerprint density at radius 3 is 2.67 bits per heavy atom. The number of halogens is 3. The average molecular weight is 418 g/mol. The molecule has 0 spiro atoms. The Morgan fingerprint density at radius 2 is 2.04 bits per heavy atom. The van der Waals surface area contributed by atoms with Crippen molar-refractivity contribution in [3.05, 3.63) is 36.0 Å². The molecule has 1 N–H and O–H groups in total. The van der Waals surface area contributed by atoms with Crippen LogP contribution in [0.1, 0.15) is 19.0 Å². The van der Waals surface area contributed by atoms with Gasteiger partial charge in [-0.05, 0) is 25.5 Å². The van der Waals surface area contributed by atoms with E-state index in [1.54, 1.807) is 25.1 Å². The van der Waals surface area contributed by atoms with Gasteiger partial charge in [0.1, 0.15) is 5.69 Å². The molecule has 27 heavy (non-hydrogen) atoms. The van der Waals surface area contributed by atoms with Gasteiger partial charge in [0.25, 0.3) is 0 Å². The van der Waals surface area contributed by atoms with Gasteiger partial charge in [0.15, 0.2) is 9.84 Å². The summed E-state index contributed by atoms with van der Waals surface area (Å²) in [7, 11) is -3.13. The van der Waals surface area contributed by atoms with Gasteiger partial charge in [-0.2, -0.15) is 13.2 Å². The molecular weight excluding hydrogens is 401 g/mol. The molecule has 1 aromatic heterocycles. The highest BCUT2D eigenvalue weighted by molar-refractivity contribution is 8.00. The predicted molar refractivity (Wildman–Crippen MR) is 97.3 cm³/mol. The Balaban J connectivity index is 1.81. The van der Waals surface area contributed by atoms with Crippen molar-refractivity contribution in [2.24, 2.45) is 0 Å². The first-order chi connectivity index (χ1) is 12.5. The van der Waals surface area contributed by atoms with Crippen molar-refractivity contribution < 1.29 is 26.4 Å². The van der Waals surface area contributed by atoms with Crippen molar-refractivity contribution in [1.29, 1.82) is 0 Å². The quantitative estimate of drug-likeness (QED) is 0.773. The lowest BCUT2D eigenvalue weighted by Gasteiger charge is -2.17. The number of benzene rings is 1. The number of alkyl halides is 3. The topological polar surface area (TPSA) is 76.1 Å². The Labute approximate surface area is 158 Å². The number of nitrogens with one attached hydrogen (secondary N) is 1. The first kappa shape index (κ1) is 19.9. The van der Waals surface area contributed by atoms with Crippen molar-refractivity contribution in [3.63, 3.8) is 0 Å². The molecule has 0 aliphatic carbocycles. The molecular formula is C17H17F3N2O3S2. The Morgan fingerprint density at radius 1 is 1.33 bits per heavy atom. The van der Waals surface area contributed by atoms with Gasteiger partial charge in [-0.25, -0.2) is 13.4 Å². The van der Waals surface area contributed by atoms with Crippen molar-refractivity contribution >= 4 is 38.4 Å². The van der Waals surface area contributed by atoms with E-state index in [9.17, 15) is 26.4 Å². The third-order valence-electron chi connectivity index (χ3n) is 4.22. The number of hydrogen-bond acceptors (Lipinski definition) is 5. The lowest BCUT2D eigenvalue weighted by atomic mass is 10.2. The van der Waals surface area contributed by atoms with E-state index in [0.717, 1.165) is 17.8 Å². The van der Waals surface area contributed by atoms with Crippen molar-refractivity contribution in [2.45, 2.75) is 35.7 Å². The zero-order valence-electron chi connectivity index (χ0n) is 14.3. The second-order valence-electron chi connectivity index (χ2n) is 6.39. The van der Waals surface area contributed by atoms with Crippen LogP contribution in [0, 0.1) is 0 Å². The normalized spacial score (nSPS) is 20.5. The summed E-state index contributed by atoms with van der Waals surface area (Å²) in [6, 6.07) is 6.92. The van der Waals surface area contributed by atoms with E-state index in [1.807, 2.05) is 0 Å². The van der Waals surface area contributed by atoms with Crippen LogP contribution in [0.2, 0.25) is 0 Å². The number of fused-ring (bicyclic) bond motifs is 1. The molecule has 5 nitrogen and oxygen atoms in total. The maximum atomic E-state index is 13.1. The summed E-state index contributed by atoms with van der Waals surface area (Å²) in [6.07, 6.45) is -4.25. The fraction of sp³-hybridized carbons (Fsp3) is 0.412. The highest BCUT2D eigenvalue weighted by Gasteiger charge is 2.34. The predicted octanol–water partition coefficient (Wildman–Crippen LogP) is 3.04. The Bertz CT molecular complexity index is 977.